The van der Waals surface area contributed by atoms with E-state index in [-0.39, 0.29) is 6.04 Å². The van der Waals surface area contributed by atoms with E-state index in [9.17, 15) is 9.59 Å². The molecule has 0 saturated carbocycles. The first kappa shape index (κ1) is 15.6. The molecule has 0 bridgehead atoms. The molecule has 1 aromatic carbocycles. The molecule has 1 aromatic rings. The van der Waals surface area contributed by atoms with Gasteiger partial charge in [0.05, 0.1) is 10.7 Å². The van der Waals surface area contributed by atoms with Crippen molar-refractivity contribution in [1.82, 2.24) is 4.90 Å². The van der Waals surface area contributed by atoms with Gasteiger partial charge in [0, 0.05) is 18.3 Å². The van der Waals surface area contributed by atoms with Gasteiger partial charge >= 0.3 is 11.8 Å². The normalized spacial score (nSPS) is 18.4. The summed E-state index contributed by atoms with van der Waals surface area (Å²) in [6.45, 7) is 2.68. The van der Waals surface area contributed by atoms with Crippen LogP contribution in [0.5, 0.6) is 0 Å². The van der Waals surface area contributed by atoms with E-state index >= 15 is 0 Å². The average Bonchev–Trinajstić information content (AvgIpc) is 2.50. The SMILES string of the molecule is CCC1CCCCN1C(=O)C(=O)Nc1ccc(N)c(Cl)c1. The predicted octanol–water partition coefficient (Wildman–Crippen LogP) is 2.65. The van der Waals surface area contributed by atoms with Gasteiger partial charge in [-0.1, -0.05) is 18.5 Å². The monoisotopic (exact) mass is 309 g/mol. The molecule has 2 rings (SSSR count). The Morgan fingerprint density at radius 2 is 2.19 bits per heavy atom. The summed E-state index contributed by atoms with van der Waals surface area (Å²) in [5.74, 6) is -1.11. The van der Waals surface area contributed by atoms with Crippen molar-refractivity contribution in [2.24, 2.45) is 0 Å². The van der Waals surface area contributed by atoms with Crippen molar-refractivity contribution >= 4 is 34.8 Å². The molecule has 3 N–H and O–H groups in total. The van der Waals surface area contributed by atoms with E-state index in [4.69, 9.17) is 17.3 Å². The Bertz CT molecular complexity index is 548. The van der Waals surface area contributed by atoms with E-state index in [1.807, 2.05) is 6.92 Å². The zero-order valence-corrected chi connectivity index (χ0v) is 12.8. The van der Waals surface area contributed by atoms with Crippen LogP contribution in [-0.2, 0) is 9.59 Å². The number of hydrogen-bond donors (Lipinski definition) is 2. The van der Waals surface area contributed by atoms with Gasteiger partial charge < -0.3 is 16.0 Å². The molecule has 0 radical (unpaired) electrons. The number of nitrogens with two attached hydrogens (primary N) is 1. The summed E-state index contributed by atoms with van der Waals surface area (Å²) < 4.78 is 0. The van der Waals surface area contributed by atoms with Gasteiger partial charge in [-0.05, 0) is 43.9 Å². The maximum Gasteiger partial charge on any atom is 0.313 e. The molecule has 0 spiro atoms. The summed E-state index contributed by atoms with van der Waals surface area (Å²) in [6.07, 6.45) is 3.89. The number of nitrogen functional groups attached to an aromatic ring is 1. The molecular weight excluding hydrogens is 290 g/mol. The summed E-state index contributed by atoms with van der Waals surface area (Å²) in [6, 6.07) is 4.92. The molecule has 1 atom stereocenters. The third kappa shape index (κ3) is 3.67. The Hall–Kier alpha value is -1.75. The summed E-state index contributed by atoms with van der Waals surface area (Å²) in [5.41, 5.74) is 6.52. The standard InChI is InChI=1S/C15H20ClN3O2/c1-2-11-5-3-4-8-19(11)15(21)14(20)18-10-6-7-13(17)12(16)9-10/h6-7,9,11H,2-5,8,17H2,1H3,(H,18,20). The lowest BCUT2D eigenvalue weighted by molar-refractivity contribution is -0.145. The molecular formula is C15H20ClN3O2. The predicted molar refractivity (Wildman–Crippen MR) is 84.1 cm³/mol. The lowest BCUT2D eigenvalue weighted by Crippen LogP contribution is -2.48. The molecule has 2 amide bonds. The van der Waals surface area contributed by atoms with Crippen LogP contribution in [0.3, 0.4) is 0 Å². The second-order valence-corrected chi connectivity index (χ2v) is 5.65. The Morgan fingerprint density at radius 3 is 2.86 bits per heavy atom. The molecule has 1 aliphatic heterocycles. The third-order valence-electron chi connectivity index (χ3n) is 3.81. The Balaban J connectivity index is 2.04. The summed E-state index contributed by atoms with van der Waals surface area (Å²) in [5, 5.41) is 2.93. The number of hydrogen-bond acceptors (Lipinski definition) is 3. The molecule has 0 aliphatic carbocycles. The minimum Gasteiger partial charge on any atom is -0.398 e. The second kappa shape index (κ2) is 6.80. The van der Waals surface area contributed by atoms with Gasteiger partial charge in [-0.15, -0.1) is 0 Å². The number of nitrogens with one attached hydrogen (secondary N) is 1. The van der Waals surface area contributed by atoms with Gasteiger partial charge in [0.2, 0.25) is 0 Å². The zero-order chi connectivity index (χ0) is 15.4. The lowest BCUT2D eigenvalue weighted by Gasteiger charge is -2.34. The van der Waals surface area contributed by atoms with Gasteiger partial charge in [0.1, 0.15) is 0 Å². The average molecular weight is 310 g/mol. The smallest absolute Gasteiger partial charge is 0.313 e. The number of benzene rings is 1. The van der Waals surface area contributed by atoms with Gasteiger partial charge in [-0.3, -0.25) is 9.59 Å². The molecule has 114 valence electrons. The number of piperidine rings is 1. The Morgan fingerprint density at radius 1 is 1.43 bits per heavy atom. The fraction of sp³-hybridized carbons (Fsp3) is 0.467. The van der Waals surface area contributed by atoms with Crippen molar-refractivity contribution in [3.63, 3.8) is 0 Å². The first-order valence-electron chi connectivity index (χ1n) is 7.20. The number of nitrogens with zero attached hydrogens (tertiary/aromatic N) is 1. The fourth-order valence-corrected chi connectivity index (χ4v) is 2.79. The van der Waals surface area contributed by atoms with Crippen LogP contribution in [0.15, 0.2) is 18.2 Å². The maximum absolute atomic E-state index is 12.3. The highest BCUT2D eigenvalue weighted by Crippen LogP contribution is 2.23. The van der Waals surface area contributed by atoms with Crippen molar-refractivity contribution in [3.8, 4) is 0 Å². The van der Waals surface area contributed by atoms with Crippen molar-refractivity contribution in [1.29, 1.82) is 0 Å². The molecule has 6 heteroatoms. The topological polar surface area (TPSA) is 75.4 Å². The van der Waals surface area contributed by atoms with Crippen LogP contribution in [0.4, 0.5) is 11.4 Å². The molecule has 1 aliphatic rings. The molecule has 0 aromatic heterocycles. The van der Waals surface area contributed by atoms with Gasteiger partial charge in [-0.2, -0.15) is 0 Å². The number of amides is 2. The van der Waals surface area contributed by atoms with Crippen molar-refractivity contribution in [3.05, 3.63) is 23.2 Å². The minimum absolute atomic E-state index is 0.159. The molecule has 21 heavy (non-hydrogen) atoms. The fourth-order valence-electron chi connectivity index (χ4n) is 2.61. The molecule has 1 unspecified atom stereocenters. The zero-order valence-electron chi connectivity index (χ0n) is 12.1. The largest absolute Gasteiger partial charge is 0.398 e. The van der Waals surface area contributed by atoms with Crippen molar-refractivity contribution in [2.75, 3.05) is 17.6 Å². The number of halogens is 1. The van der Waals surface area contributed by atoms with E-state index in [0.29, 0.717) is 22.9 Å². The first-order chi connectivity index (χ1) is 10.0. The number of rotatable bonds is 2. The quantitative estimate of drug-likeness (QED) is 0.651. The molecule has 1 fully saturated rings. The van der Waals surface area contributed by atoms with Crippen LogP contribution in [0.1, 0.15) is 32.6 Å². The van der Waals surface area contributed by atoms with Crippen molar-refractivity contribution in [2.45, 2.75) is 38.6 Å². The Labute approximate surface area is 129 Å². The first-order valence-corrected chi connectivity index (χ1v) is 7.57. The number of anilines is 2. The van der Waals surface area contributed by atoms with E-state index in [0.717, 1.165) is 25.7 Å². The van der Waals surface area contributed by atoms with Crippen LogP contribution in [0.2, 0.25) is 5.02 Å². The van der Waals surface area contributed by atoms with Crippen molar-refractivity contribution < 1.29 is 9.59 Å². The molecule has 5 nitrogen and oxygen atoms in total. The summed E-state index contributed by atoms with van der Waals surface area (Å²) >= 11 is 5.90. The van der Waals surface area contributed by atoms with Gasteiger partial charge in [0.15, 0.2) is 0 Å². The second-order valence-electron chi connectivity index (χ2n) is 5.25. The molecule has 1 heterocycles. The number of carbonyl (C=O) groups excluding carboxylic acids is 2. The van der Waals surface area contributed by atoms with E-state index in [1.54, 1.807) is 17.0 Å². The van der Waals surface area contributed by atoms with E-state index in [1.165, 1.54) is 6.07 Å². The maximum atomic E-state index is 12.3. The Kier molecular flexibility index (Phi) is 5.07. The summed E-state index contributed by atoms with van der Waals surface area (Å²) in [4.78, 5) is 26.1. The van der Waals surface area contributed by atoms with Gasteiger partial charge in [0.25, 0.3) is 0 Å². The number of carbonyl (C=O) groups is 2. The van der Waals surface area contributed by atoms with Crippen LogP contribution in [0.25, 0.3) is 0 Å². The highest BCUT2D eigenvalue weighted by Gasteiger charge is 2.29. The van der Waals surface area contributed by atoms with Crippen LogP contribution < -0.4 is 11.1 Å². The van der Waals surface area contributed by atoms with E-state index < -0.39 is 11.8 Å². The highest BCUT2D eigenvalue weighted by atomic mass is 35.5. The lowest BCUT2D eigenvalue weighted by atomic mass is 10.00. The third-order valence-corrected chi connectivity index (χ3v) is 4.14. The minimum atomic E-state index is -0.629. The van der Waals surface area contributed by atoms with Gasteiger partial charge in [-0.25, -0.2) is 0 Å². The number of likely N-dealkylation sites (tertiary alicyclic amines) is 1. The highest BCUT2D eigenvalue weighted by molar-refractivity contribution is 6.40. The molecule has 1 saturated heterocycles. The van der Waals surface area contributed by atoms with Crippen LogP contribution >= 0.6 is 11.6 Å². The van der Waals surface area contributed by atoms with Crippen LogP contribution in [-0.4, -0.2) is 29.3 Å². The van der Waals surface area contributed by atoms with E-state index in [2.05, 4.69) is 5.32 Å². The summed E-state index contributed by atoms with van der Waals surface area (Å²) in [7, 11) is 0. The van der Waals surface area contributed by atoms with Crippen LogP contribution in [0, 0.1) is 0 Å².